The van der Waals surface area contributed by atoms with E-state index in [9.17, 15) is 9.59 Å². The van der Waals surface area contributed by atoms with E-state index in [2.05, 4.69) is 4.98 Å². The van der Waals surface area contributed by atoms with Crippen LogP contribution >= 0.6 is 34.7 Å². The average molecular weight is 303 g/mol. The highest BCUT2D eigenvalue weighted by molar-refractivity contribution is 7.99. The molecule has 1 spiro atoms. The Balaban J connectivity index is 1.80. The maximum atomic E-state index is 12.4. The predicted molar refractivity (Wildman–Crippen MR) is 71.7 cm³/mol. The second-order valence-electron chi connectivity index (χ2n) is 4.62. The Labute approximate surface area is 118 Å². The van der Waals surface area contributed by atoms with Crippen LogP contribution in [0.5, 0.6) is 0 Å². The van der Waals surface area contributed by atoms with E-state index in [1.165, 1.54) is 16.2 Å². The molecule has 1 aromatic heterocycles. The first-order chi connectivity index (χ1) is 8.61. The van der Waals surface area contributed by atoms with Gasteiger partial charge in [-0.25, -0.2) is 4.98 Å². The first-order valence-electron chi connectivity index (χ1n) is 5.63. The molecule has 0 bridgehead atoms. The van der Waals surface area contributed by atoms with Crippen LogP contribution in [0.1, 0.15) is 17.7 Å². The van der Waals surface area contributed by atoms with Gasteiger partial charge in [0.1, 0.15) is 0 Å². The van der Waals surface area contributed by atoms with E-state index in [1.807, 2.05) is 0 Å². The van der Waals surface area contributed by atoms with Crippen LogP contribution in [0.2, 0.25) is 4.47 Å². The van der Waals surface area contributed by atoms with Gasteiger partial charge in [0.2, 0.25) is 11.8 Å². The zero-order chi connectivity index (χ0) is 12.8. The second kappa shape index (κ2) is 4.51. The van der Waals surface area contributed by atoms with Crippen molar-refractivity contribution >= 4 is 46.5 Å². The van der Waals surface area contributed by atoms with Crippen molar-refractivity contribution in [2.45, 2.75) is 19.4 Å². The normalized spacial score (nSPS) is 27.7. The summed E-state index contributed by atoms with van der Waals surface area (Å²) in [4.78, 5) is 30.5. The van der Waals surface area contributed by atoms with E-state index in [4.69, 9.17) is 11.6 Å². The molecule has 2 saturated heterocycles. The lowest BCUT2D eigenvalue weighted by Gasteiger charge is -2.19. The van der Waals surface area contributed by atoms with Gasteiger partial charge in [-0.05, 0) is 12.2 Å². The van der Waals surface area contributed by atoms with Crippen molar-refractivity contribution in [3.8, 4) is 0 Å². The molecule has 0 radical (unpaired) electrons. The molecule has 0 unspecified atom stereocenters. The van der Waals surface area contributed by atoms with Crippen molar-refractivity contribution in [2.75, 3.05) is 11.5 Å². The van der Waals surface area contributed by atoms with Crippen molar-refractivity contribution in [2.24, 2.45) is 5.41 Å². The van der Waals surface area contributed by atoms with Crippen molar-refractivity contribution in [1.82, 2.24) is 9.88 Å². The van der Waals surface area contributed by atoms with Gasteiger partial charge in [-0.3, -0.25) is 14.5 Å². The molecular formula is C11H11ClN2O2S2. The van der Waals surface area contributed by atoms with Gasteiger partial charge in [0.05, 0.1) is 12.0 Å². The quantitative estimate of drug-likeness (QED) is 0.786. The van der Waals surface area contributed by atoms with E-state index >= 15 is 0 Å². The minimum absolute atomic E-state index is 0.0120. The molecule has 0 saturated carbocycles. The number of nitrogens with zero attached hydrogens (tertiary/aromatic N) is 2. The zero-order valence-electron chi connectivity index (χ0n) is 9.52. The summed E-state index contributed by atoms with van der Waals surface area (Å²) in [7, 11) is 0. The number of likely N-dealkylation sites (tertiary alicyclic amines) is 1. The Morgan fingerprint density at radius 1 is 1.50 bits per heavy atom. The molecule has 2 aliphatic heterocycles. The van der Waals surface area contributed by atoms with Crippen LogP contribution in [-0.4, -0.2) is 33.2 Å². The number of aromatic nitrogens is 1. The SMILES string of the molecule is O=C1C[C@@]2(CCSC2)C(=O)N1Cc1cnc(Cl)s1. The molecule has 1 aromatic rings. The highest BCUT2D eigenvalue weighted by atomic mass is 35.5. The van der Waals surface area contributed by atoms with E-state index in [-0.39, 0.29) is 11.8 Å². The van der Waals surface area contributed by atoms with Crippen molar-refractivity contribution in [3.05, 3.63) is 15.5 Å². The number of halogens is 1. The highest BCUT2D eigenvalue weighted by Crippen LogP contribution is 2.45. The molecule has 0 aromatic carbocycles. The fourth-order valence-electron chi connectivity index (χ4n) is 2.45. The average Bonchev–Trinajstić information content (AvgIpc) is 2.99. The van der Waals surface area contributed by atoms with Gasteiger partial charge in [-0.2, -0.15) is 11.8 Å². The molecule has 1 atom stereocenters. The molecule has 3 rings (SSSR count). The Bertz CT molecular complexity index is 511. The number of amides is 2. The third-order valence-electron chi connectivity index (χ3n) is 3.43. The van der Waals surface area contributed by atoms with Gasteiger partial charge in [0.25, 0.3) is 0 Å². The molecular weight excluding hydrogens is 292 g/mol. The smallest absolute Gasteiger partial charge is 0.237 e. The van der Waals surface area contributed by atoms with Gasteiger partial charge in [0.15, 0.2) is 4.47 Å². The molecule has 0 aliphatic carbocycles. The summed E-state index contributed by atoms with van der Waals surface area (Å²) in [5.74, 6) is 1.67. The lowest BCUT2D eigenvalue weighted by molar-refractivity contribution is -0.141. The standard InChI is InChI=1S/C11H11ClN2O2S2/c12-10-13-4-7(18-10)5-14-8(15)3-11(9(14)16)1-2-17-6-11/h4H,1-3,5-6H2/t11-/m1/s1. The highest BCUT2D eigenvalue weighted by Gasteiger charge is 2.52. The molecule has 2 fully saturated rings. The third-order valence-corrected chi connectivity index (χ3v) is 5.78. The number of carbonyl (C=O) groups is 2. The summed E-state index contributed by atoms with van der Waals surface area (Å²) in [5.41, 5.74) is -0.420. The van der Waals surface area contributed by atoms with Gasteiger partial charge < -0.3 is 0 Å². The molecule has 0 N–H and O–H groups in total. The first-order valence-corrected chi connectivity index (χ1v) is 7.98. The number of rotatable bonds is 2. The summed E-state index contributed by atoms with van der Waals surface area (Å²) in [5, 5.41) is 0. The Hall–Kier alpha value is -0.590. The maximum Gasteiger partial charge on any atom is 0.237 e. The summed E-state index contributed by atoms with van der Waals surface area (Å²) in [6.07, 6.45) is 2.81. The number of thioether (sulfide) groups is 1. The van der Waals surface area contributed by atoms with Gasteiger partial charge in [-0.1, -0.05) is 11.6 Å². The molecule has 3 heterocycles. The first kappa shape index (κ1) is 12.4. The summed E-state index contributed by atoms with van der Waals surface area (Å²) in [6, 6.07) is 0. The number of hydrogen-bond acceptors (Lipinski definition) is 5. The van der Waals surface area contributed by atoms with Crippen molar-refractivity contribution in [1.29, 1.82) is 0 Å². The molecule has 18 heavy (non-hydrogen) atoms. The van der Waals surface area contributed by atoms with Crippen LogP contribution in [-0.2, 0) is 16.1 Å². The molecule has 4 nitrogen and oxygen atoms in total. The number of thiazole rings is 1. The van der Waals surface area contributed by atoms with Crippen LogP contribution in [0, 0.1) is 5.41 Å². The van der Waals surface area contributed by atoms with Crippen molar-refractivity contribution in [3.63, 3.8) is 0 Å². The number of hydrogen-bond donors (Lipinski definition) is 0. The Kier molecular flexibility index (Phi) is 3.11. The van der Waals surface area contributed by atoms with Gasteiger partial charge in [-0.15, -0.1) is 11.3 Å². The summed E-state index contributed by atoms with van der Waals surface area (Å²) >= 11 is 8.83. The molecule has 2 aliphatic rings. The van der Waals surface area contributed by atoms with Crippen LogP contribution in [0.4, 0.5) is 0 Å². The predicted octanol–water partition coefficient (Wildman–Crippen LogP) is 2.18. The maximum absolute atomic E-state index is 12.4. The largest absolute Gasteiger partial charge is 0.277 e. The number of carbonyl (C=O) groups excluding carboxylic acids is 2. The van der Waals surface area contributed by atoms with E-state index in [0.717, 1.165) is 22.8 Å². The van der Waals surface area contributed by atoms with Crippen molar-refractivity contribution < 1.29 is 9.59 Å². The van der Waals surface area contributed by atoms with E-state index in [0.29, 0.717) is 17.4 Å². The minimum Gasteiger partial charge on any atom is -0.277 e. The van der Waals surface area contributed by atoms with Crippen LogP contribution in [0.25, 0.3) is 0 Å². The lowest BCUT2D eigenvalue weighted by atomic mass is 9.86. The Morgan fingerprint density at radius 3 is 2.94 bits per heavy atom. The number of imide groups is 1. The molecule has 2 amide bonds. The second-order valence-corrected chi connectivity index (χ2v) is 7.43. The summed E-state index contributed by atoms with van der Waals surface area (Å²) in [6.45, 7) is 0.314. The van der Waals surface area contributed by atoms with Gasteiger partial charge in [0, 0.05) is 23.2 Å². The zero-order valence-corrected chi connectivity index (χ0v) is 11.9. The fourth-order valence-corrected chi connectivity index (χ4v) is 4.85. The van der Waals surface area contributed by atoms with Crippen LogP contribution < -0.4 is 0 Å². The van der Waals surface area contributed by atoms with E-state index in [1.54, 1.807) is 18.0 Å². The van der Waals surface area contributed by atoms with E-state index < -0.39 is 5.41 Å². The third kappa shape index (κ3) is 1.96. The lowest BCUT2D eigenvalue weighted by Crippen LogP contribution is -2.35. The Morgan fingerprint density at radius 2 is 2.33 bits per heavy atom. The van der Waals surface area contributed by atoms with Gasteiger partial charge >= 0.3 is 0 Å². The fraction of sp³-hybridized carbons (Fsp3) is 0.545. The monoisotopic (exact) mass is 302 g/mol. The summed E-state index contributed by atoms with van der Waals surface area (Å²) < 4.78 is 0.440. The topological polar surface area (TPSA) is 50.3 Å². The minimum atomic E-state index is -0.420. The van der Waals surface area contributed by atoms with Crippen LogP contribution in [0.15, 0.2) is 6.20 Å². The molecule has 96 valence electrons. The molecule has 7 heteroatoms. The van der Waals surface area contributed by atoms with Crippen LogP contribution in [0.3, 0.4) is 0 Å².